The van der Waals surface area contributed by atoms with Crippen LogP contribution in [0.25, 0.3) is 0 Å². The Balaban J connectivity index is 1.91. The van der Waals surface area contributed by atoms with Crippen molar-refractivity contribution in [2.75, 3.05) is 6.54 Å². The van der Waals surface area contributed by atoms with E-state index in [4.69, 9.17) is 11.6 Å². The summed E-state index contributed by atoms with van der Waals surface area (Å²) in [4.78, 5) is 0. The van der Waals surface area contributed by atoms with Gasteiger partial charge in [-0.2, -0.15) is 0 Å². The van der Waals surface area contributed by atoms with Crippen LogP contribution in [-0.4, -0.2) is 12.6 Å². The van der Waals surface area contributed by atoms with Gasteiger partial charge < -0.3 is 5.32 Å². The molecule has 0 heterocycles. The molecule has 18 heavy (non-hydrogen) atoms. The number of nitrogens with one attached hydrogen (secondary N) is 1. The molecule has 1 aliphatic carbocycles. The molecule has 0 radical (unpaired) electrons. The summed E-state index contributed by atoms with van der Waals surface area (Å²) in [6, 6.07) is 9.04. The Labute approximate surface area is 116 Å². The molecule has 1 N–H and O–H groups in total. The topological polar surface area (TPSA) is 12.0 Å². The maximum Gasteiger partial charge on any atom is 0.0408 e. The third-order valence-corrected chi connectivity index (χ3v) is 4.51. The minimum Gasteiger partial charge on any atom is -0.314 e. The molecule has 0 bridgehead atoms. The molecule has 2 rings (SSSR count). The lowest BCUT2D eigenvalue weighted by Crippen LogP contribution is -2.33. The van der Waals surface area contributed by atoms with Gasteiger partial charge in [-0.1, -0.05) is 37.6 Å². The standard InChI is InChI=1S/C16H24ClN/c1-3-9-18-16-8-7-14(12(16)2)10-13-5-4-6-15(17)11-13/h4-6,11-12,14,16,18H,3,7-10H2,1-2H3. The van der Waals surface area contributed by atoms with Gasteiger partial charge in [-0.25, -0.2) is 0 Å². The van der Waals surface area contributed by atoms with Gasteiger partial charge in [0.1, 0.15) is 0 Å². The minimum atomic E-state index is 0.717. The quantitative estimate of drug-likeness (QED) is 0.837. The van der Waals surface area contributed by atoms with Crippen LogP contribution in [-0.2, 0) is 6.42 Å². The van der Waals surface area contributed by atoms with Crippen molar-refractivity contribution < 1.29 is 0 Å². The molecular formula is C16H24ClN. The largest absolute Gasteiger partial charge is 0.314 e. The van der Waals surface area contributed by atoms with Crippen LogP contribution in [0.1, 0.15) is 38.7 Å². The van der Waals surface area contributed by atoms with Crippen LogP contribution in [0, 0.1) is 11.8 Å². The van der Waals surface area contributed by atoms with Crippen LogP contribution >= 0.6 is 11.6 Å². The second-order valence-electron chi connectivity index (χ2n) is 5.59. The molecule has 1 aromatic rings. The lowest BCUT2D eigenvalue weighted by molar-refractivity contribution is 0.351. The average molecular weight is 266 g/mol. The van der Waals surface area contributed by atoms with Gasteiger partial charge in [0.2, 0.25) is 0 Å². The highest BCUT2D eigenvalue weighted by atomic mass is 35.5. The van der Waals surface area contributed by atoms with Gasteiger partial charge in [-0.3, -0.25) is 0 Å². The number of halogens is 1. The molecule has 1 fully saturated rings. The molecule has 1 nitrogen and oxygen atoms in total. The number of benzene rings is 1. The maximum atomic E-state index is 6.05. The molecule has 2 heteroatoms. The molecule has 0 saturated heterocycles. The summed E-state index contributed by atoms with van der Waals surface area (Å²) >= 11 is 6.05. The van der Waals surface area contributed by atoms with Crippen molar-refractivity contribution in [1.82, 2.24) is 5.32 Å². The zero-order valence-electron chi connectivity index (χ0n) is 11.5. The Morgan fingerprint density at radius 3 is 2.89 bits per heavy atom. The van der Waals surface area contributed by atoms with Crippen molar-refractivity contribution >= 4 is 11.6 Å². The maximum absolute atomic E-state index is 6.05. The first-order chi connectivity index (χ1) is 8.70. The fraction of sp³-hybridized carbons (Fsp3) is 0.625. The smallest absolute Gasteiger partial charge is 0.0408 e. The van der Waals surface area contributed by atoms with Gasteiger partial charge in [-0.15, -0.1) is 0 Å². The number of rotatable bonds is 5. The molecule has 3 unspecified atom stereocenters. The van der Waals surface area contributed by atoms with E-state index < -0.39 is 0 Å². The van der Waals surface area contributed by atoms with Crippen LogP contribution < -0.4 is 5.32 Å². The van der Waals surface area contributed by atoms with Crippen LogP contribution in [0.5, 0.6) is 0 Å². The normalized spacial score (nSPS) is 27.6. The molecule has 0 spiro atoms. The Morgan fingerprint density at radius 1 is 1.33 bits per heavy atom. The first-order valence-corrected chi connectivity index (χ1v) is 7.56. The van der Waals surface area contributed by atoms with Crippen LogP contribution in [0.3, 0.4) is 0 Å². The summed E-state index contributed by atoms with van der Waals surface area (Å²) in [7, 11) is 0. The van der Waals surface area contributed by atoms with Crippen LogP contribution in [0.15, 0.2) is 24.3 Å². The van der Waals surface area contributed by atoms with Crippen molar-refractivity contribution in [2.45, 2.75) is 45.6 Å². The highest BCUT2D eigenvalue weighted by Crippen LogP contribution is 2.34. The third kappa shape index (κ3) is 3.49. The van der Waals surface area contributed by atoms with Crippen molar-refractivity contribution in [3.63, 3.8) is 0 Å². The summed E-state index contributed by atoms with van der Waals surface area (Å²) in [6.45, 7) is 5.78. The molecule has 3 atom stereocenters. The average Bonchev–Trinajstić information content (AvgIpc) is 2.69. The van der Waals surface area contributed by atoms with E-state index in [2.05, 4.69) is 37.4 Å². The third-order valence-electron chi connectivity index (χ3n) is 4.27. The van der Waals surface area contributed by atoms with E-state index in [0.717, 1.165) is 23.4 Å². The van der Waals surface area contributed by atoms with Crippen LogP contribution in [0.2, 0.25) is 5.02 Å². The molecule has 1 aromatic carbocycles. The summed E-state index contributed by atoms with van der Waals surface area (Å²) in [5, 5.41) is 4.54. The predicted molar refractivity (Wildman–Crippen MR) is 79.1 cm³/mol. The summed E-state index contributed by atoms with van der Waals surface area (Å²) in [5.41, 5.74) is 1.38. The summed E-state index contributed by atoms with van der Waals surface area (Å²) in [5.74, 6) is 1.58. The molecule has 0 aromatic heterocycles. The molecule has 1 aliphatic rings. The van der Waals surface area contributed by atoms with E-state index in [0.29, 0.717) is 6.04 Å². The van der Waals surface area contributed by atoms with Gasteiger partial charge in [-0.05, 0) is 61.8 Å². The first kappa shape index (κ1) is 13.9. The molecule has 1 saturated carbocycles. The van der Waals surface area contributed by atoms with Gasteiger partial charge in [0.15, 0.2) is 0 Å². The van der Waals surface area contributed by atoms with Crippen molar-refractivity contribution in [1.29, 1.82) is 0 Å². The van der Waals surface area contributed by atoms with Crippen molar-refractivity contribution in [3.8, 4) is 0 Å². The van der Waals surface area contributed by atoms with Gasteiger partial charge in [0, 0.05) is 11.1 Å². The second-order valence-corrected chi connectivity index (χ2v) is 6.03. The van der Waals surface area contributed by atoms with E-state index in [1.807, 2.05) is 6.07 Å². The van der Waals surface area contributed by atoms with Crippen molar-refractivity contribution in [3.05, 3.63) is 34.9 Å². The monoisotopic (exact) mass is 265 g/mol. The summed E-state index contributed by atoms with van der Waals surface area (Å²) < 4.78 is 0. The zero-order valence-corrected chi connectivity index (χ0v) is 12.2. The number of hydrogen-bond acceptors (Lipinski definition) is 1. The SMILES string of the molecule is CCCNC1CCC(Cc2cccc(Cl)c2)C1C. The van der Waals surface area contributed by atoms with Gasteiger partial charge >= 0.3 is 0 Å². The minimum absolute atomic E-state index is 0.717. The van der Waals surface area contributed by atoms with E-state index in [1.165, 1.54) is 31.2 Å². The van der Waals surface area contributed by atoms with E-state index >= 15 is 0 Å². The van der Waals surface area contributed by atoms with E-state index in [1.54, 1.807) is 0 Å². The Morgan fingerprint density at radius 2 is 2.17 bits per heavy atom. The number of hydrogen-bond donors (Lipinski definition) is 1. The van der Waals surface area contributed by atoms with E-state index in [9.17, 15) is 0 Å². The molecule has 100 valence electrons. The van der Waals surface area contributed by atoms with Gasteiger partial charge in [0.05, 0.1) is 0 Å². The zero-order chi connectivity index (χ0) is 13.0. The molecule has 0 amide bonds. The fourth-order valence-electron chi connectivity index (χ4n) is 3.12. The van der Waals surface area contributed by atoms with E-state index in [-0.39, 0.29) is 0 Å². The summed E-state index contributed by atoms with van der Waals surface area (Å²) in [6.07, 6.45) is 5.07. The highest BCUT2D eigenvalue weighted by Gasteiger charge is 2.31. The lowest BCUT2D eigenvalue weighted by Gasteiger charge is -2.22. The fourth-order valence-corrected chi connectivity index (χ4v) is 3.33. The second kappa shape index (κ2) is 6.58. The van der Waals surface area contributed by atoms with Gasteiger partial charge in [0.25, 0.3) is 0 Å². The van der Waals surface area contributed by atoms with Crippen LogP contribution in [0.4, 0.5) is 0 Å². The predicted octanol–water partition coefficient (Wildman–Crippen LogP) is 4.30. The molecular weight excluding hydrogens is 242 g/mol. The Hall–Kier alpha value is -0.530. The highest BCUT2D eigenvalue weighted by molar-refractivity contribution is 6.30. The van der Waals surface area contributed by atoms with Crippen molar-refractivity contribution in [2.24, 2.45) is 11.8 Å². The Bertz CT molecular complexity index is 377. The lowest BCUT2D eigenvalue weighted by atomic mass is 9.89. The Kier molecular flexibility index (Phi) is 5.08. The molecule has 0 aliphatic heterocycles. The first-order valence-electron chi connectivity index (χ1n) is 7.18.